The van der Waals surface area contributed by atoms with Gasteiger partial charge < -0.3 is 19.6 Å². The zero-order valence-electron chi connectivity index (χ0n) is 16.5. The van der Waals surface area contributed by atoms with E-state index in [1.165, 1.54) is 7.11 Å². The van der Waals surface area contributed by atoms with Gasteiger partial charge in [-0.05, 0) is 31.4 Å². The number of aliphatic carboxylic acids is 1. The molecule has 0 aliphatic carbocycles. The van der Waals surface area contributed by atoms with Crippen molar-refractivity contribution >= 4 is 17.8 Å². The van der Waals surface area contributed by atoms with Crippen molar-refractivity contribution in [3.8, 4) is 0 Å². The van der Waals surface area contributed by atoms with Gasteiger partial charge in [-0.3, -0.25) is 14.6 Å². The van der Waals surface area contributed by atoms with Gasteiger partial charge in [-0.2, -0.15) is 13.2 Å². The van der Waals surface area contributed by atoms with E-state index < -0.39 is 12.1 Å². The Morgan fingerprint density at radius 3 is 2.30 bits per heavy atom. The number of rotatable bonds is 4. The highest BCUT2D eigenvalue weighted by molar-refractivity contribution is 5.85. The quantitative estimate of drug-likeness (QED) is 0.779. The average molecular weight is 431 g/mol. The summed E-state index contributed by atoms with van der Waals surface area (Å²) in [7, 11) is 1.53. The first-order valence-electron chi connectivity index (χ1n) is 9.35. The highest BCUT2D eigenvalue weighted by atomic mass is 19.4. The Bertz CT molecular complexity index is 750. The zero-order valence-corrected chi connectivity index (χ0v) is 16.5. The number of amides is 2. The van der Waals surface area contributed by atoms with Crippen LogP contribution in [0.2, 0.25) is 0 Å². The number of methoxy groups -OCH3 is 1. The second-order valence-electron chi connectivity index (χ2n) is 7.19. The summed E-state index contributed by atoms with van der Waals surface area (Å²) in [6.07, 6.45) is -0.948. The molecule has 2 fully saturated rings. The largest absolute Gasteiger partial charge is 0.490 e. The van der Waals surface area contributed by atoms with Crippen molar-refractivity contribution in [2.45, 2.75) is 32.0 Å². The number of likely N-dealkylation sites (tertiary alicyclic amines) is 2. The van der Waals surface area contributed by atoms with Gasteiger partial charge >= 0.3 is 12.1 Å². The van der Waals surface area contributed by atoms with E-state index in [-0.39, 0.29) is 23.8 Å². The smallest absolute Gasteiger partial charge is 0.475 e. The minimum Gasteiger partial charge on any atom is -0.475 e. The number of alkyl halides is 3. The second kappa shape index (κ2) is 9.88. The van der Waals surface area contributed by atoms with Crippen molar-refractivity contribution in [1.82, 2.24) is 14.8 Å². The van der Waals surface area contributed by atoms with E-state index in [2.05, 4.69) is 4.98 Å². The monoisotopic (exact) mass is 431 g/mol. The number of nitrogens with zero attached hydrogens (tertiary/aromatic N) is 3. The number of hydrogen-bond donors (Lipinski definition) is 1. The van der Waals surface area contributed by atoms with Crippen LogP contribution in [0.3, 0.4) is 0 Å². The summed E-state index contributed by atoms with van der Waals surface area (Å²) >= 11 is 0. The van der Waals surface area contributed by atoms with E-state index in [4.69, 9.17) is 14.6 Å². The van der Waals surface area contributed by atoms with Gasteiger partial charge in [0.25, 0.3) is 0 Å². The first kappa shape index (κ1) is 23.6. The number of piperidine rings is 1. The molecule has 0 aromatic carbocycles. The number of pyridine rings is 1. The number of carbonyl (C=O) groups is 3. The maximum atomic E-state index is 12.9. The molecule has 1 aromatic heterocycles. The Kier molecular flexibility index (Phi) is 7.77. The Morgan fingerprint density at radius 1 is 1.20 bits per heavy atom. The molecule has 11 heteroatoms. The van der Waals surface area contributed by atoms with Gasteiger partial charge in [0.2, 0.25) is 11.8 Å². The molecule has 2 saturated heterocycles. The predicted octanol–water partition coefficient (Wildman–Crippen LogP) is 1.70. The van der Waals surface area contributed by atoms with Gasteiger partial charge in [0.1, 0.15) is 6.61 Å². The first-order chi connectivity index (χ1) is 14.1. The maximum Gasteiger partial charge on any atom is 0.490 e. The lowest BCUT2D eigenvalue weighted by molar-refractivity contribution is -0.192. The van der Waals surface area contributed by atoms with Crippen LogP contribution in [0.1, 0.15) is 25.0 Å². The van der Waals surface area contributed by atoms with Gasteiger partial charge in [0, 0.05) is 32.9 Å². The second-order valence-corrected chi connectivity index (χ2v) is 7.19. The minimum absolute atomic E-state index is 0.0122. The molecule has 0 bridgehead atoms. The van der Waals surface area contributed by atoms with Crippen molar-refractivity contribution in [3.05, 3.63) is 30.1 Å². The maximum absolute atomic E-state index is 12.9. The molecule has 0 atom stereocenters. The molecule has 0 saturated carbocycles. The first-order valence-corrected chi connectivity index (χ1v) is 9.35. The summed E-state index contributed by atoms with van der Waals surface area (Å²) in [5.74, 6) is -2.52. The summed E-state index contributed by atoms with van der Waals surface area (Å²) < 4.78 is 36.6. The highest BCUT2D eigenvalue weighted by Gasteiger charge is 2.48. The van der Waals surface area contributed by atoms with E-state index in [9.17, 15) is 22.8 Å². The number of carboxylic acid groups (broad SMARTS) is 1. The molecule has 1 N–H and O–H groups in total. The van der Waals surface area contributed by atoms with Gasteiger partial charge in [-0.25, -0.2) is 4.79 Å². The number of hydrogen-bond acceptors (Lipinski definition) is 5. The number of carboxylic acids is 1. The normalized spacial score (nSPS) is 18.2. The summed E-state index contributed by atoms with van der Waals surface area (Å²) in [4.78, 5) is 41.7. The van der Waals surface area contributed by atoms with Crippen LogP contribution in [0.5, 0.6) is 0 Å². The third-order valence-electron chi connectivity index (χ3n) is 5.26. The standard InChI is InChI=1S/C17H23N3O3.C2HF3O2/c1-23-13-15(21)19-9-5-17(6-10-19)7-11-20(16(17)22)12-14-4-2-3-8-18-14;3-2(4,5)1(6)7/h2-4,8H,5-7,9-13H2,1H3;(H,6,7). The topological polar surface area (TPSA) is 100 Å². The minimum atomic E-state index is -5.08. The lowest BCUT2D eigenvalue weighted by Crippen LogP contribution is -2.47. The molecule has 0 radical (unpaired) electrons. The van der Waals surface area contributed by atoms with Crippen LogP contribution in [-0.4, -0.2) is 77.2 Å². The third-order valence-corrected chi connectivity index (χ3v) is 5.26. The van der Waals surface area contributed by atoms with Crippen LogP contribution >= 0.6 is 0 Å². The predicted molar refractivity (Wildman–Crippen MR) is 98.1 cm³/mol. The molecule has 30 heavy (non-hydrogen) atoms. The Labute approximate surface area is 171 Å². The molecule has 2 amide bonds. The van der Waals surface area contributed by atoms with E-state index >= 15 is 0 Å². The van der Waals surface area contributed by atoms with E-state index in [1.54, 1.807) is 6.20 Å². The Hall–Kier alpha value is -2.69. The van der Waals surface area contributed by atoms with Crippen molar-refractivity contribution in [1.29, 1.82) is 0 Å². The molecule has 3 rings (SSSR count). The fourth-order valence-electron chi connectivity index (χ4n) is 3.59. The Morgan fingerprint density at radius 2 is 1.80 bits per heavy atom. The van der Waals surface area contributed by atoms with Gasteiger partial charge in [-0.15, -0.1) is 0 Å². The third kappa shape index (κ3) is 5.91. The van der Waals surface area contributed by atoms with Crippen molar-refractivity contribution in [2.75, 3.05) is 33.4 Å². The molecule has 8 nitrogen and oxygen atoms in total. The molecule has 2 aliphatic rings. The van der Waals surface area contributed by atoms with Crippen molar-refractivity contribution in [3.63, 3.8) is 0 Å². The zero-order chi connectivity index (χ0) is 22.4. The number of aromatic nitrogens is 1. The summed E-state index contributed by atoms with van der Waals surface area (Å²) in [5, 5.41) is 7.12. The number of ether oxygens (including phenoxy) is 1. The molecular formula is C19H24F3N3O5. The summed E-state index contributed by atoms with van der Waals surface area (Å²) in [5.41, 5.74) is 0.643. The van der Waals surface area contributed by atoms with E-state index in [0.29, 0.717) is 19.6 Å². The molecule has 1 spiro atoms. The lowest BCUT2D eigenvalue weighted by Gasteiger charge is -2.37. The van der Waals surface area contributed by atoms with Crippen LogP contribution in [0, 0.1) is 5.41 Å². The summed E-state index contributed by atoms with van der Waals surface area (Å²) in [6.45, 7) is 2.76. The molecule has 166 valence electrons. The lowest BCUT2D eigenvalue weighted by atomic mass is 9.77. The number of halogens is 3. The Balaban J connectivity index is 0.000000396. The SMILES string of the molecule is COCC(=O)N1CCC2(CC1)CCN(Cc1ccccn1)C2=O.O=C(O)C(F)(F)F. The van der Waals surface area contributed by atoms with Gasteiger partial charge in [0.15, 0.2) is 0 Å². The van der Waals surface area contributed by atoms with Crippen LogP contribution in [0.15, 0.2) is 24.4 Å². The van der Waals surface area contributed by atoms with Crippen molar-refractivity contribution in [2.24, 2.45) is 5.41 Å². The summed E-state index contributed by atoms with van der Waals surface area (Å²) in [6, 6.07) is 5.77. The number of carbonyl (C=O) groups excluding carboxylic acids is 2. The fraction of sp³-hybridized carbons (Fsp3) is 0.579. The van der Waals surface area contributed by atoms with Crippen LogP contribution < -0.4 is 0 Å². The fourth-order valence-corrected chi connectivity index (χ4v) is 3.59. The van der Waals surface area contributed by atoms with Crippen molar-refractivity contribution < 1.29 is 37.4 Å². The molecule has 1 aromatic rings. The van der Waals surface area contributed by atoms with Crippen LogP contribution in [0.4, 0.5) is 13.2 Å². The van der Waals surface area contributed by atoms with Crippen LogP contribution in [-0.2, 0) is 25.7 Å². The molecule has 2 aliphatic heterocycles. The van der Waals surface area contributed by atoms with E-state index in [0.717, 1.165) is 31.5 Å². The molecule has 0 unspecified atom stereocenters. The molecular weight excluding hydrogens is 407 g/mol. The van der Waals surface area contributed by atoms with Gasteiger partial charge in [0.05, 0.1) is 17.7 Å². The van der Waals surface area contributed by atoms with Gasteiger partial charge in [-0.1, -0.05) is 6.07 Å². The highest BCUT2D eigenvalue weighted by Crippen LogP contribution is 2.41. The molecule has 3 heterocycles. The van der Waals surface area contributed by atoms with Crippen LogP contribution in [0.25, 0.3) is 0 Å². The average Bonchev–Trinajstić information content (AvgIpc) is 2.99. The van der Waals surface area contributed by atoms with E-state index in [1.807, 2.05) is 28.0 Å².